The molecule has 0 atom stereocenters. The molecule has 0 aliphatic carbocycles. The maximum atomic E-state index is 12.6. The molecule has 1 nitrogen and oxygen atoms in total. The third kappa shape index (κ3) is 3.36. The van der Waals surface area contributed by atoms with Crippen molar-refractivity contribution in [1.82, 2.24) is 0 Å². The molecule has 0 radical (unpaired) electrons. The van der Waals surface area contributed by atoms with Crippen LogP contribution in [0, 0.1) is 0 Å². The first kappa shape index (κ1) is 14.3. The molecule has 0 saturated carbocycles. The molecular formula is C12H15ClF3N. The topological polar surface area (TPSA) is 26.0 Å². The van der Waals surface area contributed by atoms with Crippen LogP contribution in [0.1, 0.15) is 31.4 Å². The van der Waals surface area contributed by atoms with Gasteiger partial charge in [-0.2, -0.15) is 13.2 Å². The summed E-state index contributed by atoms with van der Waals surface area (Å²) in [5.74, 6) is 0. The van der Waals surface area contributed by atoms with Crippen LogP contribution in [0.2, 0.25) is 5.02 Å². The van der Waals surface area contributed by atoms with E-state index < -0.39 is 17.2 Å². The highest BCUT2D eigenvalue weighted by atomic mass is 35.5. The van der Waals surface area contributed by atoms with Gasteiger partial charge >= 0.3 is 6.18 Å². The van der Waals surface area contributed by atoms with Gasteiger partial charge in [-0.05, 0) is 42.1 Å². The summed E-state index contributed by atoms with van der Waals surface area (Å²) < 4.78 is 37.8. The lowest BCUT2D eigenvalue weighted by molar-refractivity contribution is -0.137. The summed E-state index contributed by atoms with van der Waals surface area (Å²) in [5.41, 5.74) is 4.80. The maximum Gasteiger partial charge on any atom is 0.416 e. The van der Waals surface area contributed by atoms with Crippen molar-refractivity contribution >= 4 is 11.6 Å². The van der Waals surface area contributed by atoms with Crippen molar-refractivity contribution in [2.45, 2.75) is 31.9 Å². The van der Waals surface area contributed by atoms with Crippen LogP contribution in [0.25, 0.3) is 0 Å². The molecule has 17 heavy (non-hydrogen) atoms. The molecule has 0 spiro atoms. The maximum absolute atomic E-state index is 12.6. The Morgan fingerprint density at radius 1 is 1.24 bits per heavy atom. The molecule has 0 fully saturated rings. The molecule has 0 heterocycles. The number of hydrogen-bond acceptors (Lipinski definition) is 1. The minimum atomic E-state index is -4.35. The van der Waals surface area contributed by atoms with Gasteiger partial charge in [0.25, 0.3) is 0 Å². The number of alkyl halides is 3. The van der Waals surface area contributed by atoms with Gasteiger partial charge in [0, 0.05) is 5.02 Å². The third-order valence-corrected chi connectivity index (χ3v) is 3.12. The average molecular weight is 266 g/mol. The average Bonchev–Trinajstić information content (AvgIpc) is 2.15. The van der Waals surface area contributed by atoms with Crippen LogP contribution in [0.3, 0.4) is 0 Å². The van der Waals surface area contributed by atoms with Gasteiger partial charge in [-0.15, -0.1) is 0 Å². The van der Waals surface area contributed by atoms with Gasteiger partial charge in [0.15, 0.2) is 0 Å². The fraction of sp³-hybridized carbons (Fsp3) is 0.500. The lowest BCUT2D eigenvalue weighted by atomic mass is 9.81. The molecule has 0 saturated heterocycles. The zero-order valence-corrected chi connectivity index (χ0v) is 10.5. The van der Waals surface area contributed by atoms with Gasteiger partial charge in [-0.3, -0.25) is 0 Å². The van der Waals surface area contributed by atoms with Crippen LogP contribution >= 0.6 is 11.6 Å². The Labute approximate surface area is 104 Å². The van der Waals surface area contributed by atoms with Gasteiger partial charge in [0.1, 0.15) is 0 Å². The van der Waals surface area contributed by atoms with Crippen LogP contribution in [0.5, 0.6) is 0 Å². The second kappa shape index (κ2) is 4.86. The standard InChI is InChI=1S/C12H15ClF3N/c1-11(2,5-6-17)9-7-8(12(14,15)16)3-4-10(9)13/h3-4,7H,5-6,17H2,1-2H3. The smallest absolute Gasteiger partial charge is 0.330 e. The van der Waals surface area contributed by atoms with Gasteiger partial charge in [0.05, 0.1) is 5.56 Å². The highest BCUT2D eigenvalue weighted by molar-refractivity contribution is 6.31. The minimum absolute atomic E-state index is 0.344. The van der Waals surface area contributed by atoms with Crippen molar-refractivity contribution in [3.05, 3.63) is 34.3 Å². The summed E-state index contributed by atoms with van der Waals surface area (Å²) in [5, 5.41) is 0.344. The molecule has 1 aromatic carbocycles. The normalized spacial score (nSPS) is 12.9. The summed E-state index contributed by atoms with van der Waals surface area (Å²) in [4.78, 5) is 0. The highest BCUT2D eigenvalue weighted by Gasteiger charge is 2.33. The second-order valence-corrected chi connectivity index (χ2v) is 5.02. The first-order chi connectivity index (χ1) is 7.68. The van der Waals surface area contributed by atoms with Crippen LogP contribution in [0.15, 0.2) is 18.2 Å². The third-order valence-electron chi connectivity index (χ3n) is 2.79. The number of hydrogen-bond donors (Lipinski definition) is 1. The molecule has 0 amide bonds. The summed E-state index contributed by atoms with van der Waals surface area (Å²) >= 11 is 5.96. The van der Waals surface area contributed by atoms with E-state index in [1.165, 1.54) is 6.07 Å². The first-order valence-corrected chi connectivity index (χ1v) is 5.63. The molecule has 0 aromatic heterocycles. The Kier molecular flexibility index (Phi) is 4.10. The van der Waals surface area contributed by atoms with E-state index in [2.05, 4.69) is 0 Å². The number of rotatable bonds is 3. The van der Waals surface area contributed by atoms with E-state index in [1.807, 2.05) is 13.8 Å². The fourth-order valence-corrected chi connectivity index (χ4v) is 2.09. The number of benzene rings is 1. The monoisotopic (exact) mass is 265 g/mol. The lowest BCUT2D eigenvalue weighted by Gasteiger charge is -2.26. The van der Waals surface area contributed by atoms with Crippen molar-refractivity contribution in [3.63, 3.8) is 0 Å². The van der Waals surface area contributed by atoms with E-state index in [-0.39, 0.29) is 0 Å². The van der Waals surface area contributed by atoms with Crippen LogP contribution in [-0.4, -0.2) is 6.54 Å². The molecule has 0 aliphatic rings. The van der Waals surface area contributed by atoms with Crippen LogP contribution in [-0.2, 0) is 11.6 Å². The number of nitrogens with two attached hydrogens (primary N) is 1. The van der Waals surface area contributed by atoms with E-state index >= 15 is 0 Å². The molecule has 2 N–H and O–H groups in total. The van der Waals surface area contributed by atoms with E-state index in [0.29, 0.717) is 23.6 Å². The van der Waals surface area contributed by atoms with Crippen molar-refractivity contribution < 1.29 is 13.2 Å². The zero-order chi connectivity index (χ0) is 13.3. The SMILES string of the molecule is CC(C)(CCN)c1cc(C(F)(F)F)ccc1Cl. The molecule has 1 aromatic rings. The van der Waals surface area contributed by atoms with Crippen molar-refractivity contribution in [3.8, 4) is 0 Å². The Hall–Kier alpha value is -0.740. The van der Waals surface area contributed by atoms with Crippen molar-refractivity contribution in [2.75, 3.05) is 6.54 Å². The zero-order valence-electron chi connectivity index (χ0n) is 9.74. The first-order valence-electron chi connectivity index (χ1n) is 5.26. The van der Waals surface area contributed by atoms with E-state index in [4.69, 9.17) is 17.3 Å². The molecule has 1 rings (SSSR count). The molecule has 96 valence electrons. The summed E-state index contributed by atoms with van der Waals surface area (Å²) in [6, 6.07) is 3.39. The summed E-state index contributed by atoms with van der Waals surface area (Å²) in [6.07, 6.45) is -3.77. The number of halogens is 4. The molecule has 0 bridgehead atoms. The lowest BCUT2D eigenvalue weighted by Crippen LogP contribution is -2.23. The molecule has 0 unspecified atom stereocenters. The molecular weight excluding hydrogens is 251 g/mol. The van der Waals surface area contributed by atoms with Crippen molar-refractivity contribution in [2.24, 2.45) is 5.73 Å². The Balaban J connectivity index is 3.24. The second-order valence-electron chi connectivity index (χ2n) is 4.61. The quantitative estimate of drug-likeness (QED) is 0.879. The highest BCUT2D eigenvalue weighted by Crippen LogP contribution is 2.37. The Bertz CT molecular complexity index is 399. The predicted octanol–water partition coefficient (Wildman–Crippen LogP) is 3.99. The predicted molar refractivity (Wildman–Crippen MR) is 63.2 cm³/mol. The van der Waals surface area contributed by atoms with Gasteiger partial charge in [0.2, 0.25) is 0 Å². The van der Waals surface area contributed by atoms with E-state index in [0.717, 1.165) is 12.1 Å². The minimum Gasteiger partial charge on any atom is -0.330 e. The van der Waals surface area contributed by atoms with Crippen LogP contribution in [0.4, 0.5) is 13.2 Å². The Morgan fingerprint density at radius 3 is 2.29 bits per heavy atom. The largest absolute Gasteiger partial charge is 0.416 e. The fourth-order valence-electron chi connectivity index (χ4n) is 1.72. The molecule has 0 aliphatic heterocycles. The Morgan fingerprint density at radius 2 is 1.82 bits per heavy atom. The van der Waals surface area contributed by atoms with Gasteiger partial charge < -0.3 is 5.73 Å². The van der Waals surface area contributed by atoms with Gasteiger partial charge in [-0.25, -0.2) is 0 Å². The summed E-state index contributed by atoms with van der Waals surface area (Å²) in [7, 11) is 0. The summed E-state index contributed by atoms with van der Waals surface area (Å²) in [6.45, 7) is 4.07. The van der Waals surface area contributed by atoms with Gasteiger partial charge in [-0.1, -0.05) is 25.4 Å². The van der Waals surface area contributed by atoms with E-state index in [9.17, 15) is 13.2 Å². The van der Waals surface area contributed by atoms with E-state index in [1.54, 1.807) is 0 Å². The van der Waals surface area contributed by atoms with Crippen LogP contribution < -0.4 is 5.73 Å². The van der Waals surface area contributed by atoms with Crippen molar-refractivity contribution in [1.29, 1.82) is 0 Å². The molecule has 5 heteroatoms.